The van der Waals surface area contributed by atoms with Crippen LogP contribution in [0.15, 0.2) is 66.7 Å². The van der Waals surface area contributed by atoms with Crippen LogP contribution in [0, 0.1) is 18.3 Å². The van der Waals surface area contributed by atoms with Gasteiger partial charge in [-0.1, -0.05) is 30.3 Å². The molecule has 6 heteroatoms. The van der Waals surface area contributed by atoms with Crippen LogP contribution in [0.2, 0.25) is 0 Å². The Hall–Kier alpha value is -4.37. The zero-order chi connectivity index (χ0) is 24.5. The molecule has 1 unspecified atom stereocenters. The fourth-order valence-electron chi connectivity index (χ4n) is 4.31. The summed E-state index contributed by atoms with van der Waals surface area (Å²) < 4.78 is 5.86. The Bertz CT molecular complexity index is 1470. The number of carbonyl (C=O) groups is 1. The van der Waals surface area contributed by atoms with Crippen LogP contribution in [0.3, 0.4) is 0 Å². The van der Waals surface area contributed by atoms with Gasteiger partial charge in [0.05, 0.1) is 17.2 Å². The van der Waals surface area contributed by atoms with Crippen LogP contribution >= 0.6 is 0 Å². The fraction of sp³-hybridized carbons (Fsp3) is 0.207. The molecule has 35 heavy (non-hydrogen) atoms. The van der Waals surface area contributed by atoms with E-state index in [9.17, 15) is 15.2 Å². The number of nitriles is 1. The molecule has 1 fully saturated rings. The molecule has 1 aliphatic carbocycles. The molecule has 1 aliphatic rings. The van der Waals surface area contributed by atoms with Gasteiger partial charge in [0.25, 0.3) is 0 Å². The highest BCUT2D eigenvalue weighted by Gasteiger charge is 2.23. The summed E-state index contributed by atoms with van der Waals surface area (Å²) in [5.41, 5.74) is 5.50. The average molecular weight is 464 g/mol. The Morgan fingerprint density at radius 2 is 1.89 bits per heavy atom. The SMILES string of the molecule is Cc1cc(C(C)Nc2ccccc2C(=O)O)c2cc(-c3ccc(OC4CC4)cc3)c(C#N)nc2c1. The van der Waals surface area contributed by atoms with E-state index in [1.165, 1.54) is 0 Å². The minimum Gasteiger partial charge on any atom is -0.490 e. The zero-order valence-corrected chi connectivity index (χ0v) is 19.6. The molecular weight excluding hydrogens is 438 g/mol. The summed E-state index contributed by atoms with van der Waals surface area (Å²) in [6, 6.07) is 22.8. The van der Waals surface area contributed by atoms with Gasteiger partial charge in [-0.05, 0) is 79.8 Å². The number of hydrogen-bond acceptors (Lipinski definition) is 5. The van der Waals surface area contributed by atoms with Crippen LogP contribution in [0.1, 0.15) is 53.0 Å². The van der Waals surface area contributed by atoms with E-state index in [4.69, 9.17) is 9.72 Å². The molecule has 4 aromatic rings. The van der Waals surface area contributed by atoms with E-state index < -0.39 is 5.97 Å². The maximum absolute atomic E-state index is 11.7. The minimum absolute atomic E-state index is 0.199. The molecule has 2 N–H and O–H groups in total. The van der Waals surface area contributed by atoms with Gasteiger partial charge in [0, 0.05) is 22.7 Å². The number of para-hydroxylation sites is 1. The predicted octanol–water partition coefficient (Wildman–Crippen LogP) is 6.49. The second kappa shape index (κ2) is 9.11. The third kappa shape index (κ3) is 4.67. The number of ether oxygens (including phenoxy) is 1. The summed E-state index contributed by atoms with van der Waals surface area (Å²) in [4.78, 5) is 16.4. The third-order valence-corrected chi connectivity index (χ3v) is 6.20. The maximum Gasteiger partial charge on any atom is 0.337 e. The number of rotatable bonds is 7. The van der Waals surface area contributed by atoms with Crippen molar-refractivity contribution in [3.05, 3.63) is 89.1 Å². The number of carboxylic acids is 1. The Kier molecular flexibility index (Phi) is 5.84. The van der Waals surface area contributed by atoms with E-state index in [2.05, 4.69) is 17.5 Å². The Morgan fingerprint density at radius 3 is 2.57 bits per heavy atom. The molecule has 0 radical (unpaired) electrons. The smallest absolute Gasteiger partial charge is 0.337 e. The van der Waals surface area contributed by atoms with Crippen LogP contribution in [0.5, 0.6) is 5.75 Å². The largest absolute Gasteiger partial charge is 0.490 e. The summed E-state index contributed by atoms with van der Waals surface area (Å²) in [5, 5.41) is 23.7. The van der Waals surface area contributed by atoms with Gasteiger partial charge < -0.3 is 15.2 Å². The summed E-state index contributed by atoms with van der Waals surface area (Å²) in [5.74, 6) is -0.152. The van der Waals surface area contributed by atoms with E-state index in [1.807, 2.05) is 56.3 Å². The molecule has 0 bridgehead atoms. The van der Waals surface area contributed by atoms with Gasteiger partial charge in [0.2, 0.25) is 0 Å². The van der Waals surface area contributed by atoms with Gasteiger partial charge in [-0.2, -0.15) is 5.26 Å². The van der Waals surface area contributed by atoms with E-state index in [0.717, 1.165) is 51.7 Å². The van der Waals surface area contributed by atoms with E-state index in [-0.39, 0.29) is 11.6 Å². The number of aromatic carboxylic acids is 1. The fourth-order valence-corrected chi connectivity index (χ4v) is 4.31. The molecule has 1 aromatic heterocycles. The molecule has 0 saturated heterocycles. The highest BCUT2D eigenvalue weighted by molar-refractivity contribution is 5.94. The van der Waals surface area contributed by atoms with Crippen LogP contribution in [0.4, 0.5) is 5.69 Å². The quantitative estimate of drug-likeness (QED) is 0.325. The van der Waals surface area contributed by atoms with Crippen LogP contribution in [-0.2, 0) is 0 Å². The molecule has 3 aromatic carbocycles. The lowest BCUT2D eigenvalue weighted by molar-refractivity contribution is 0.0698. The highest BCUT2D eigenvalue weighted by atomic mass is 16.5. The number of aromatic nitrogens is 1. The van der Waals surface area contributed by atoms with Crippen molar-refractivity contribution < 1.29 is 14.6 Å². The molecule has 1 atom stereocenters. The lowest BCUT2D eigenvalue weighted by atomic mass is 9.95. The number of pyridine rings is 1. The van der Waals surface area contributed by atoms with Crippen molar-refractivity contribution in [2.45, 2.75) is 38.8 Å². The van der Waals surface area contributed by atoms with Crippen LogP contribution in [0.25, 0.3) is 22.0 Å². The lowest BCUT2D eigenvalue weighted by Gasteiger charge is -2.20. The van der Waals surface area contributed by atoms with Gasteiger partial charge in [-0.25, -0.2) is 9.78 Å². The zero-order valence-electron chi connectivity index (χ0n) is 19.6. The summed E-state index contributed by atoms with van der Waals surface area (Å²) in [7, 11) is 0. The average Bonchev–Trinajstić information content (AvgIpc) is 3.67. The normalized spacial score (nSPS) is 13.7. The molecule has 0 aliphatic heterocycles. The Labute approximate surface area is 203 Å². The number of anilines is 1. The number of nitrogens with one attached hydrogen (secondary N) is 1. The minimum atomic E-state index is -0.980. The van der Waals surface area contributed by atoms with Gasteiger partial charge in [0.1, 0.15) is 17.5 Å². The van der Waals surface area contributed by atoms with Crippen molar-refractivity contribution >= 4 is 22.6 Å². The first-order chi connectivity index (χ1) is 16.9. The second-order valence-electron chi connectivity index (χ2n) is 8.98. The molecule has 6 nitrogen and oxygen atoms in total. The number of nitrogens with zero attached hydrogens (tertiary/aromatic N) is 2. The van der Waals surface area contributed by atoms with Gasteiger partial charge in [-0.15, -0.1) is 0 Å². The molecular formula is C29H25N3O3. The van der Waals surface area contributed by atoms with Gasteiger partial charge >= 0.3 is 5.97 Å². The molecule has 1 saturated carbocycles. The van der Waals surface area contributed by atoms with Crippen molar-refractivity contribution in [3.63, 3.8) is 0 Å². The van der Waals surface area contributed by atoms with Crippen molar-refractivity contribution in [1.29, 1.82) is 5.26 Å². The molecule has 1 heterocycles. The van der Waals surface area contributed by atoms with Gasteiger partial charge in [0.15, 0.2) is 0 Å². The van der Waals surface area contributed by atoms with Crippen molar-refractivity contribution in [3.8, 4) is 22.9 Å². The number of carboxylic acid groups (broad SMARTS) is 1. The highest BCUT2D eigenvalue weighted by Crippen LogP contribution is 2.34. The third-order valence-electron chi connectivity index (χ3n) is 6.20. The molecule has 0 amide bonds. The van der Waals surface area contributed by atoms with Crippen molar-refractivity contribution in [2.75, 3.05) is 5.32 Å². The second-order valence-corrected chi connectivity index (χ2v) is 8.98. The number of hydrogen-bond donors (Lipinski definition) is 2. The van der Waals surface area contributed by atoms with Crippen molar-refractivity contribution in [1.82, 2.24) is 4.98 Å². The van der Waals surface area contributed by atoms with E-state index in [1.54, 1.807) is 18.2 Å². The maximum atomic E-state index is 11.7. The first-order valence-corrected chi connectivity index (χ1v) is 11.6. The van der Waals surface area contributed by atoms with E-state index >= 15 is 0 Å². The standard InChI is InChI=1S/C29H25N3O3/c1-17-13-23(18(2)31-26-6-4-3-5-22(26)29(33)34)25-15-24(28(16-30)32-27(25)14-17)19-7-9-20(10-8-19)35-21-11-12-21/h3-10,13-15,18,21,31H,11-12H2,1-2H3,(H,33,34). The Balaban J connectivity index is 1.57. The lowest BCUT2D eigenvalue weighted by Crippen LogP contribution is -2.11. The van der Waals surface area contributed by atoms with E-state index in [0.29, 0.717) is 17.5 Å². The Morgan fingerprint density at radius 1 is 1.14 bits per heavy atom. The first kappa shape index (κ1) is 22.4. The van der Waals surface area contributed by atoms with Crippen LogP contribution in [-0.4, -0.2) is 22.2 Å². The molecule has 174 valence electrons. The van der Waals surface area contributed by atoms with Crippen molar-refractivity contribution in [2.24, 2.45) is 0 Å². The molecule has 0 spiro atoms. The predicted molar refractivity (Wildman–Crippen MR) is 136 cm³/mol. The number of aryl methyl sites for hydroxylation is 1. The summed E-state index contributed by atoms with van der Waals surface area (Å²) in [6.45, 7) is 3.98. The monoisotopic (exact) mass is 463 g/mol. The van der Waals surface area contributed by atoms with Crippen LogP contribution < -0.4 is 10.1 Å². The summed E-state index contributed by atoms with van der Waals surface area (Å²) >= 11 is 0. The summed E-state index contributed by atoms with van der Waals surface area (Å²) in [6.07, 6.45) is 2.52. The van der Waals surface area contributed by atoms with Gasteiger partial charge in [-0.3, -0.25) is 0 Å². The molecule has 5 rings (SSSR count). The first-order valence-electron chi connectivity index (χ1n) is 11.6. The number of fused-ring (bicyclic) bond motifs is 1. The topological polar surface area (TPSA) is 95.2 Å². The number of benzene rings is 3.